The summed E-state index contributed by atoms with van der Waals surface area (Å²) in [5, 5.41) is 12.9. The van der Waals surface area contributed by atoms with Gasteiger partial charge < -0.3 is 10.6 Å². The van der Waals surface area contributed by atoms with E-state index in [1.54, 1.807) is 4.90 Å². The lowest BCUT2D eigenvalue weighted by Gasteiger charge is -2.23. The third-order valence-corrected chi connectivity index (χ3v) is 5.26. The van der Waals surface area contributed by atoms with E-state index in [-0.39, 0.29) is 29.3 Å². The lowest BCUT2D eigenvalue weighted by molar-refractivity contribution is -0.115. The minimum absolute atomic E-state index is 0.115. The van der Waals surface area contributed by atoms with Crippen LogP contribution in [-0.2, 0) is 22.2 Å². The number of thiazole rings is 1. The average molecular weight is 405 g/mol. The first-order valence-corrected chi connectivity index (χ1v) is 10.2. The molecule has 2 aromatic rings. The summed E-state index contributed by atoms with van der Waals surface area (Å²) in [5.41, 5.74) is 1.20. The summed E-state index contributed by atoms with van der Waals surface area (Å²) in [6.45, 7) is 13.7. The van der Waals surface area contributed by atoms with E-state index in [1.807, 2.05) is 16.1 Å². The van der Waals surface area contributed by atoms with Crippen molar-refractivity contribution in [3.63, 3.8) is 0 Å². The van der Waals surface area contributed by atoms with Crippen molar-refractivity contribution in [3.8, 4) is 0 Å². The summed E-state index contributed by atoms with van der Waals surface area (Å²) in [5.74, 6) is 0.519. The third kappa shape index (κ3) is 4.35. The fourth-order valence-electron chi connectivity index (χ4n) is 2.86. The monoisotopic (exact) mass is 404 g/mol. The summed E-state index contributed by atoms with van der Waals surface area (Å²) in [6.07, 6.45) is 0.145. The molecule has 0 radical (unpaired) electrons. The maximum Gasteiger partial charge on any atom is 0.323 e. The Kier molecular flexibility index (Phi) is 5.22. The number of nitrogens with one attached hydrogen (secondary N) is 2. The summed E-state index contributed by atoms with van der Waals surface area (Å²) in [6, 6.07) is 1.79. The number of carbonyl (C=O) groups is 2. The van der Waals surface area contributed by atoms with Crippen LogP contribution in [0.4, 0.5) is 15.7 Å². The highest BCUT2D eigenvalue weighted by atomic mass is 32.1. The molecule has 3 amide bonds. The molecular weight excluding hydrogens is 376 g/mol. The average Bonchev–Trinajstić information content (AvgIpc) is 3.25. The summed E-state index contributed by atoms with van der Waals surface area (Å²) in [4.78, 5) is 30.4. The minimum Gasteiger partial charge on any atom is -0.336 e. The Morgan fingerprint density at radius 2 is 2.00 bits per heavy atom. The molecule has 0 aliphatic carbocycles. The second-order valence-electron chi connectivity index (χ2n) is 8.98. The molecule has 2 N–H and O–H groups in total. The zero-order chi connectivity index (χ0) is 20.7. The van der Waals surface area contributed by atoms with E-state index in [4.69, 9.17) is 5.10 Å². The van der Waals surface area contributed by atoms with Crippen molar-refractivity contribution in [1.29, 1.82) is 0 Å². The fourth-order valence-corrected chi connectivity index (χ4v) is 3.70. The molecular formula is C19H28N6O2S. The van der Waals surface area contributed by atoms with Gasteiger partial charge >= 0.3 is 6.03 Å². The van der Waals surface area contributed by atoms with E-state index in [9.17, 15) is 9.59 Å². The van der Waals surface area contributed by atoms with Crippen molar-refractivity contribution in [2.24, 2.45) is 0 Å². The number of amides is 3. The predicted molar refractivity (Wildman–Crippen MR) is 111 cm³/mol. The van der Waals surface area contributed by atoms with Crippen LogP contribution in [0.1, 0.15) is 52.9 Å². The van der Waals surface area contributed by atoms with Crippen molar-refractivity contribution in [3.05, 3.63) is 22.8 Å². The number of hydrogen-bond donors (Lipinski definition) is 2. The van der Waals surface area contributed by atoms with Crippen molar-refractivity contribution in [2.45, 2.75) is 58.9 Å². The largest absolute Gasteiger partial charge is 0.336 e. The molecule has 3 heterocycles. The first-order chi connectivity index (χ1) is 12.9. The molecule has 0 aromatic carbocycles. The molecule has 2 aromatic heterocycles. The molecule has 0 bridgehead atoms. The van der Waals surface area contributed by atoms with Crippen LogP contribution < -0.4 is 15.5 Å². The van der Waals surface area contributed by atoms with E-state index in [2.05, 4.69) is 57.2 Å². The van der Waals surface area contributed by atoms with Crippen LogP contribution in [-0.4, -0.2) is 39.8 Å². The Morgan fingerprint density at radius 1 is 1.29 bits per heavy atom. The van der Waals surface area contributed by atoms with Crippen molar-refractivity contribution in [2.75, 3.05) is 23.3 Å². The van der Waals surface area contributed by atoms with Gasteiger partial charge in [0.2, 0.25) is 5.91 Å². The van der Waals surface area contributed by atoms with E-state index >= 15 is 0 Å². The first-order valence-electron chi connectivity index (χ1n) is 9.36. The van der Waals surface area contributed by atoms with Gasteiger partial charge in [0.05, 0.1) is 23.3 Å². The van der Waals surface area contributed by atoms with Crippen LogP contribution >= 0.6 is 11.3 Å². The second-order valence-corrected chi connectivity index (χ2v) is 9.81. The van der Waals surface area contributed by atoms with Gasteiger partial charge in [0.25, 0.3) is 0 Å². The number of aromatic nitrogens is 3. The van der Waals surface area contributed by atoms with Gasteiger partial charge in [-0.3, -0.25) is 9.69 Å². The van der Waals surface area contributed by atoms with Crippen molar-refractivity contribution >= 4 is 34.2 Å². The molecule has 152 valence electrons. The fraction of sp³-hybridized carbons (Fsp3) is 0.579. The molecule has 0 unspecified atom stereocenters. The molecule has 1 fully saturated rings. The molecule has 8 nitrogen and oxygen atoms in total. The zero-order valence-corrected chi connectivity index (χ0v) is 18.1. The van der Waals surface area contributed by atoms with Gasteiger partial charge in [-0.15, -0.1) is 11.3 Å². The molecule has 0 saturated carbocycles. The van der Waals surface area contributed by atoms with Crippen LogP contribution in [0.25, 0.3) is 0 Å². The first kappa shape index (κ1) is 20.3. The molecule has 0 atom stereocenters. The second kappa shape index (κ2) is 7.20. The Labute approximate surface area is 169 Å². The quantitative estimate of drug-likeness (QED) is 0.819. The van der Waals surface area contributed by atoms with Gasteiger partial charge in [0.15, 0.2) is 5.13 Å². The van der Waals surface area contributed by atoms with Crippen molar-refractivity contribution < 1.29 is 9.59 Å². The van der Waals surface area contributed by atoms with Crippen LogP contribution in [0.5, 0.6) is 0 Å². The van der Waals surface area contributed by atoms with Gasteiger partial charge in [-0.05, 0) is 20.8 Å². The highest BCUT2D eigenvalue weighted by Crippen LogP contribution is 2.28. The molecule has 1 aliphatic rings. The standard InChI is InChI=1S/C19H28N6O2S/c1-18(2,3)13-10-14(25(23-13)19(4,5)6)22-15(26)9-12-11-28-17(21-12)24-8-7-20-16(24)27/h10-11H,7-9H2,1-6H3,(H,20,27)(H,22,26). The zero-order valence-electron chi connectivity index (χ0n) is 17.3. The lowest BCUT2D eigenvalue weighted by Crippen LogP contribution is -2.28. The number of carbonyl (C=O) groups excluding carboxylic acids is 2. The molecule has 1 saturated heterocycles. The van der Waals surface area contributed by atoms with Crippen LogP contribution in [0.2, 0.25) is 0 Å². The maximum atomic E-state index is 12.6. The molecule has 3 rings (SSSR count). The van der Waals surface area contributed by atoms with E-state index in [1.165, 1.54) is 11.3 Å². The van der Waals surface area contributed by atoms with Gasteiger partial charge in [-0.25, -0.2) is 14.5 Å². The Morgan fingerprint density at radius 3 is 2.57 bits per heavy atom. The molecule has 9 heteroatoms. The van der Waals surface area contributed by atoms with Crippen LogP contribution in [0, 0.1) is 0 Å². The molecule has 0 spiro atoms. The summed E-state index contributed by atoms with van der Waals surface area (Å²) >= 11 is 1.37. The third-order valence-electron chi connectivity index (χ3n) is 4.35. The van der Waals surface area contributed by atoms with Crippen molar-refractivity contribution in [1.82, 2.24) is 20.1 Å². The minimum atomic E-state index is -0.261. The Hall–Kier alpha value is -2.42. The van der Waals surface area contributed by atoms with E-state index in [0.717, 1.165) is 5.69 Å². The number of rotatable bonds is 4. The van der Waals surface area contributed by atoms with Gasteiger partial charge in [-0.1, -0.05) is 20.8 Å². The Bertz CT molecular complexity index is 887. The Balaban J connectivity index is 1.74. The normalized spacial score (nSPS) is 15.1. The highest BCUT2D eigenvalue weighted by Gasteiger charge is 2.27. The van der Waals surface area contributed by atoms with Gasteiger partial charge in [0.1, 0.15) is 5.82 Å². The topological polar surface area (TPSA) is 92.2 Å². The lowest BCUT2D eigenvalue weighted by atomic mass is 9.92. The number of nitrogens with zero attached hydrogens (tertiary/aromatic N) is 4. The number of urea groups is 1. The SMILES string of the molecule is CC(C)(C)c1cc(NC(=O)Cc2csc(N3CCNC3=O)n2)n(C(C)(C)C)n1. The summed E-state index contributed by atoms with van der Waals surface area (Å²) < 4.78 is 1.85. The van der Waals surface area contributed by atoms with E-state index < -0.39 is 0 Å². The van der Waals surface area contributed by atoms with Gasteiger partial charge in [-0.2, -0.15) is 5.10 Å². The van der Waals surface area contributed by atoms with Crippen LogP contribution in [0.3, 0.4) is 0 Å². The molecule has 1 aliphatic heterocycles. The van der Waals surface area contributed by atoms with Gasteiger partial charge in [0, 0.05) is 30.0 Å². The number of hydrogen-bond acceptors (Lipinski definition) is 5. The summed E-state index contributed by atoms with van der Waals surface area (Å²) in [7, 11) is 0. The smallest absolute Gasteiger partial charge is 0.323 e. The maximum absolute atomic E-state index is 12.6. The number of anilines is 2. The highest BCUT2D eigenvalue weighted by molar-refractivity contribution is 7.14. The van der Waals surface area contributed by atoms with Crippen LogP contribution in [0.15, 0.2) is 11.4 Å². The molecule has 28 heavy (non-hydrogen) atoms. The predicted octanol–water partition coefficient (Wildman–Crippen LogP) is 3.10. The van der Waals surface area contributed by atoms with E-state index in [0.29, 0.717) is 29.7 Å².